The highest BCUT2D eigenvalue weighted by Gasteiger charge is 2.25. The second-order valence-electron chi connectivity index (χ2n) is 4.78. The van der Waals surface area contributed by atoms with E-state index in [9.17, 15) is 9.90 Å². The Morgan fingerprint density at radius 3 is 2.71 bits per heavy atom. The Morgan fingerprint density at radius 2 is 2.12 bits per heavy atom. The van der Waals surface area contributed by atoms with Gasteiger partial charge in [0.2, 0.25) is 0 Å². The minimum absolute atomic E-state index is 0.0443. The number of aliphatic hydroxyl groups excluding tert-OH is 1. The van der Waals surface area contributed by atoms with Crippen molar-refractivity contribution < 1.29 is 9.90 Å². The minimum Gasteiger partial charge on any atom is -0.391 e. The predicted molar refractivity (Wildman–Crippen MR) is 69.5 cm³/mol. The zero-order valence-corrected chi connectivity index (χ0v) is 11.1. The Labute approximate surface area is 106 Å². The molecule has 0 radical (unpaired) electrons. The lowest BCUT2D eigenvalue weighted by molar-refractivity contribution is 0.0720. The maximum atomic E-state index is 12.0. The van der Waals surface area contributed by atoms with Gasteiger partial charge in [-0.05, 0) is 38.3 Å². The largest absolute Gasteiger partial charge is 0.391 e. The highest BCUT2D eigenvalue weighted by molar-refractivity contribution is 7.14. The van der Waals surface area contributed by atoms with Crippen LogP contribution in [0.1, 0.15) is 45.8 Å². The summed E-state index contributed by atoms with van der Waals surface area (Å²) in [4.78, 5) is 13.9. The van der Waals surface area contributed by atoms with Gasteiger partial charge in [0.25, 0.3) is 5.91 Å². The first-order chi connectivity index (χ1) is 8.08. The topological polar surface area (TPSA) is 49.3 Å². The monoisotopic (exact) mass is 253 g/mol. The maximum Gasteiger partial charge on any atom is 0.261 e. The summed E-state index contributed by atoms with van der Waals surface area (Å²) in [5.74, 6) is -0.0443. The first-order valence-corrected chi connectivity index (χ1v) is 6.95. The summed E-state index contributed by atoms with van der Waals surface area (Å²) in [6.45, 7) is 4.03. The van der Waals surface area contributed by atoms with Gasteiger partial charge in [0.1, 0.15) is 0 Å². The average Bonchev–Trinajstić information content (AvgIpc) is 2.63. The van der Waals surface area contributed by atoms with Crippen LogP contribution in [0.3, 0.4) is 0 Å². The molecular formula is C13H19NO2S. The summed E-state index contributed by atoms with van der Waals surface area (Å²) in [7, 11) is 0. The van der Waals surface area contributed by atoms with E-state index in [0.717, 1.165) is 36.1 Å². The van der Waals surface area contributed by atoms with Crippen LogP contribution in [0.2, 0.25) is 0 Å². The molecule has 1 aromatic heterocycles. The van der Waals surface area contributed by atoms with Crippen LogP contribution in [0.15, 0.2) is 6.07 Å². The molecule has 1 amide bonds. The van der Waals surface area contributed by atoms with E-state index in [1.807, 2.05) is 19.9 Å². The summed E-state index contributed by atoms with van der Waals surface area (Å²) >= 11 is 1.52. The van der Waals surface area contributed by atoms with E-state index in [1.165, 1.54) is 16.2 Å². The molecule has 3 nitrogen and oxygen atoms in total. The molecule has 0 aromatic carbocycles. The third-order valence-electron chi connectivity index (χ3n) is 3.44. The zero-order chi connectivity index (χ0) is 12.4. The molecule has 0 aliphatic heterocycles. The lowest BCUT2D eigenvalue weighted by Gasteiger charge is -2.28. The number of carbonyl (C=O) groups excluding carboxylic acids is 1. The van der Waals surface area contributed by atoms with Gasteiger partial charge in [-0.25, -0.2) is 0 Å². The molecule has 1 fully saturated rings. The Hall–Kier alpha value is -0.870. The van der Waals surface area contributed by atoms with Crippen molar-refractivity contribution in [1.29, 1.82) is 0 Å². The van der Waals surface area contributed by atoms with Crippen LogP contribution in [-0.4, -0.2) is 23.2 Å². The van der Waals surface area contributed by atoms with Gasteiger partial charge in [0.05, 0.1) is 17.0 Å². The van der Waals surface area contributed by atoms with Crippen LogP contribution in [-0.2, 0) is 0 Å². The molecule has 1 aliphatic rings. The summed E-state index contributed by atoms with van der Waals surface area (Å²) < 4.78 is 0. The summed E-state index contributed by atoms with van der Waals surface area (Å²) in [5, 5.41) is 12.8. The van der Waals surface area contributed by atoms with Crippen LogP contribution in [0.5, 0.6) is 0 Å². The molecule has 1 saturated carbocycles. The second kappa shape index (κ2) is 5.19. The maximum absolute atomic E-state index is 12.0. The van der Waals surface area contributed by atoms with Gasteiger partial charge in [-0.3, -0.25) is 4.79 Å². The molecular weight excluding hydrogens is 234 g/mol. The van der Waals surface area contributed by atoms with Crippen molar-refractivity contribution in [3.63, 3.8) is 0 Å². The lowest BCUT2D eigenvalue weighted by Crippen LogP contribution is -2.44. The first kappa shape index (κ1) is 12.6. The van der Waals surface area contributed by atoms with E-state index >= 15 is 0 Å². The summed E-state index contributed by atoms with van der Waals surface area (Å²) in [6, 6.07) is 1.85. The third-order valence-corrected chi connectivity index (χ3v) is 4.59. The van der Waals surface area contributed by atoms with Crippen molar-refractivity contribution in [1.82, 2.24) is 5.32 Å². The molecule has 1 aromatic rings. The Kier molecular flexibility index (Phi) is 3.84. The molecule has 2 N–H and O–H groups in total. The number of nitrogens with one attached hydrogen (secondary N) is 1. The van der Waals surface area contributed by atoms with Crippen LogP contribution in [0.4, 0.5) is 0 Å². The second-order valence-corrected chi connectivity index (χ2v) is 6.04. The normalized spacial score (nSPS) is 24.6. The molecule has 4 heteroatoms. The molecule has 0 spiro atoms. The molecule has 2 atom stereocenters. The van der Waals surface area contributed by atoms with Crippen molar-refractivity contribution in [2.24, 2.45) is 0 Å². The Balaban J connectivity index is 2.01. The number of amides is 1. The number of aryl methyl sites for hydroxylation is 2. The van der Waals surface area contributed by atoms with E-state index in [4.69, 9.17) is 0 Å². The molecule has 2 rings (SSSR count). The van der Waals surface area contributed by atoms with Crippen LogP contribution in [0.25, 0.3) is 0 Å². The number of thiophene rings is 1. The number of carbonyl (C=O) groups is 1. The van der Waals surface area contributed by atoms with Crippen molar-refractivity contribution in [3.05, 3.63) is 21.4 Å². The van der Waals surface area contributed by atoms with Crippen LogP contribution < -0.4 is 5.32 Å². The van der Waals surface area contributed by atoms with Gasteiger partial charge >= 0.3 is 0 Å². The van der Waals surface area contributed by atoms with Gasteiger partial charge in [-0.2, -0.15) is 0 Å². The number of hydrogen-bond donors (Lipinski definition) is 2. The molecule has 17 heavy (non-hydrogen) atoms. The summed E-state index contributed by atoms with van der Waals surface area (Å²) in [5.41, 5.74) is 1.16. The molecule has 0 bridgehead atoms. The molecule has 1 heterocycles. The molecule has 0 saturated heterocycles. The van der Waals surface area contributed by atoms with Gasteiger partial charge in [-0.1, -0.05) is 12.8 Å². The van der Waals surface area contributed by atoms with E-state index < -0.39 is 0 Å². The quantitative estimate of drug-likeness (QED) is 0.850. The lowest BCUT2D eigenvalue weighted by atomic mass is 9.92. The van der Waals surface area contributed by atoms with E-state index in [0.29, 0.717) is 0 Å². The Morgan fingerprint density at radius 1 is 1.41 bits per heavy atom. The number of aliphatic hydroxyl groups is 1. The smallest absolute Gasteiger partial charge is 0.261 e. The highest BCUT2D eigenvalue weighted by Crippen LogP contribution is 2.22. The van der Waals surface area contributed by atoms with Crippen molar-refractivity contribution >= 4 is 17.2 Å². The zero-order valence-electron chi connectivity index (χ0n) is 10.3. The number of rotatable bonds is 2. The van der Waals surface area contributed by atoms with Crippen molar-refractivity contribution in [3.8, 4) is 0 Å². The standard InChI is InChI=1S/C13H19NO2S/c1-8-7-12(17-9(8)2)13(16)14-10-5-3-4-6-11(10)15/h7,10-11,15H,3-6H2,1-2H3,(H,14,16). The molecule has 1 aliphatic carbocycles. The molecule has 94 valence electrons. The van der Waals surface area contributed by atoms with Crippen molar-refractivity contribution in [2.45, 2.75) is 51.7 Å². The van der Waals surface area contributed by atoms with Gasteiger partial charge in [-0.15, -0.1) is 11.3 Å². The minimum atomic E-state index is -0.380. The average molecular weight is 253 g/mol. The van der Waals surface area contributed by atoms with Crippen LogP contribution >= 0.6 is 11.3 Å². The van der Waals surface area contributed by atoms with Gasteiger partial charge < -0.3 is 10.4 Å². The van der Waals surface area contributed by atoms with Gasteiger partial charge in [0.15, 0.2) is 0 Å². The predicted octanol–water partition coefficient (Wildman–Crippen LogP) is 2.40. The summed E-state index contributed by atoms with van der Waals surface area (Å²) in [6.07, 6.45) is 3.45. The third kappa shape index (κ3) is 2.87. The number of hydrogen-bond acceptors (Lipinski definition) is 3. The van der Waals surface area contributed by atoms with Crippen molar-refractivity contribution in [2.75, 3.05) is 0 Å². The fourth-order valence-electron chi connectivity index (χ4n) is 2.20. The van der Waals surface area contributed by atoms with E-state index in [2.05, 4.69) is 5.32 Å². The first-order valence-electron chi connectivity index (χ1n) is 6.14. The Bertz CT molecular complexity index is 394. The van der Waals surface area contributed by atoms with E-state index in [1.54, 1.807) is 0 Å². The fourth-order valence-corrected chi connectivity index (χ4v) is 3.14. The highest BCUT2D eigenvalue weighted by atomic mass is 32.1. The van der Waals surface area contributed by atoms with Gasteiger partial charge in [0, 0.05) is 4.88 Å². The SMILES string of the molecule is Cc1cc(C(=O)NC2CCCCC2O)sc1C. The fraction of sp³-hybridized carbons (Fsp3) is 0.615. The van der Waals surface area contributed by atoms with E-state index in [-0.39, 0.29) is 18.1 Å². The van der Waals surface area contributed by atoms with Crippen LogP contribution in [0, 0.1) is 13.8 Å². The molecule has 2 unspecified atom stereocenters.